The van der Waals surface area contributed by atoms with Crippen LogP contribution in [-0.4, -0.2) is 43.5 Å². The number of hydrogen-bond donors (Lipinski definition) is 0. The number of anilines is 1. The number of sulfone groups is 1. The van der Waals surface area contributed by atoms with E-state index in [-0.39, 0.29) is 5.92 Å². The smallest absolute Gasteiger partial charge is 0.147 e. The SMILES string of the molecule is CS(=O)(=O)CC1CCN(c2cnccn2)CC1. The van der Waals surface area contributed by atoms with Crippen molar-refractivity contribution in [2.75, 3.05) is 30.0 Å². The van der Waals surface area contributed by atoms with E-state index in [0.29, 0.717) is 5.75 Å². The van der Waals surface area contributed by atoms with Crippen molar-refractivity contribution in [1.82, 2.24) is 9.97 Å². The Morgan fingerprint density at radius 1 is 1.35 bits per heavy atom. The van der Waals surface area contributed by atoms with Crippen LogP contribution in [0, 0.1) is 5.92 Å². The Labute approximate surface area is 102 Å². The lowest BCUT2D eigenvalue weighted by Gasteiger charge is -2.32. The predicted molar refractivity (Wildman–Crippen MR) is 66.7 cm³/mol. The fourth-order valence-corrected chi connectivity index (χ4v) is 3.40. The van der Waals surface area contributed by atoms with Crippen molar-refractivity contribution < 1.29 is 8.42 Å². The fraction of sp³-hybridized carbons (Fsp3) is 0.636. The van der Waals surface area contributed by atoms with E-state index in [4.69, 9.17) is 0 Å². The minimum Gasteiger partial charge on any atom is -0.355 e. The Morgan fingerprint density at radius 3 is 2.59 bits per heavy atom. The first-order chi connectivity index (χ1) is 8.04. The van der Waals surface area contributed by atoms with Crippen LogP contribution in [-0.2, 0) is 9.84 Å². The Kier molecular flexibility index (Phi) is 3.61. The average Bonchev–Trinajstić information content (AvgIpc) is 2.29. The van der Waals surface area contributed by atoms with Gasteiger partial charge in [0, 0.05) is 31.7 Å². The maximum atomic E-state index is 11.2. The van der Waals surface area contributed by atoms with Crippen molar-refractivity contribution in [2.45, 2.75) is 12.8 Å². The minimum absolute atomic E-state index is 0.290. The second-order valence-electron chi connectivity index (χ2n) is 4.59. The van der Waals surface area contributed by atoms with Crippen LogP contribution >= 0.6 is 0 Å². The first-order valence-corrected chi connectivity index (χ1v) is 7.79. The van der Waals surface area contributed by atoms with E-state index < -0.39 is 9.84 Å². The predicted octanol–water partition coefficient (Wildman–Crippen LogP) is 0.738. The Balaban J connectivity index is 1.91. The molecular weight excluding hydrogens is 238 g/mol. The lowest BCUT2D eigenvalue weighted by Crippen LogP contribution is -2.36. The molecule has 0 N–H and O–H groups in total. The quantitative estimate of drug-likeness (QED) is 0.797. The van der Waals surface area contributed by atoms with Gasteiger partial charge in [-0.1, -0.05) is 0 Å². The molecule has 0 aromatic carbocycles. The molecule has 6 heteroatoms. The lowest BCUT2D eigenvalue weighted by molar-refractivity contribution is 0.434. The van der Waals surface area contributed by atoms with E-state index in [1.165, 1.54) is 6.26 Å². The van der Waals surface area contributed by atoms with Gasteiger partial charge in [0.1, 0.15) is 15.7 Å². The molecule has 2 heterocycles. The maximum absolute atomic E-state index is 11.2. The van der Waals surface area contributed by atoms with Crippen LogP contribution in [0.1, 0.15) is 12.8 Å². The molecule has 0 amide bonds. The zero-order valence-corrected chi connectivity index (χ0v) is 10.7. The summed E-state index contributed by atoms with van der Waals surface area (Å²) >= 11 is 0. The van der Waals surface area contributed by atoms with Crippen LogP contribution < -0.4 is 4.90 Å². The van der Waals surface area contributed by atoms with Gasteiger partial charge in [0.05, 0.1) is 11.9 Å². The molecule has 0 spiro atoms. The van der Waals surface area contributed by atoms with Gasteiger partial charge >= 0.3 is 0 Å². The van der Waals surface area contributed by atoms with Crippen molar-refractivity contribution in [3.63, 3.8) is 0 Å². The molecule has 0 saturated carbocycles. The molecule has 1 fully saturated rings. The van der Waals surface area contributed by atoms with Gasteiger partial charge in [-0.25, -0.2) is 13.4 Å². The van der Waals surface area contributed by atoms with Gasteiger partial charge in [-0.2, -0.15) is 0 Å². The first-order valence-electron chi connectivity index (χ1n) is 5.73. The van der Waals surface area contributed by atoms with Crippen molar-refractivity contribution in [3.05, 3.63) is 18.6 Å². The molecule has 94 valence electrons. The number of nitrogens with zero attached hydrogens (tertiary/aromatic N) is 3. The summed E-state index contributed by atoms with van der Waals surface area (Å²) in [6, 6.07) is 0. The number of hydrogen-bond acceptors (Lipinski definition) is 5. The third-order valence-electron chi connectivity index (χ3n) is 3.03. The summed E-state index contributed by atoms with van der Waals surface area (Å²) in [7, 11) is -2.85. The lowest BCUT2D eigenvalue weighted by atomic mass is 9.99. The maximum Gasteiger partial charge on any atom is 0.147 e. The molecule has 1 aliphatic heterocycles. The fourth-order valence-electron chi connectivity index (χ4n) is 2.21. The van der Waals surface area contributed by atoms with Crippen LogP contribution in [0.25, 0.3) is 0 Å². The molecule has 2 rings (SSSR count). The van der Waals surface area contributed by atoms with Crippen molar-refractivity contribution >= 4 is 15.7 Å². The Hall–Kier alpha value is -1.17. The zero-order chi connectivity index (χ0) is 12.3. The highest BCUT2D eigenvalue weighted by Crippen LogP contribution is 2.21. The molecule has 0 atom stereocenters. The summed E-state index contributed by atoms with van der Waals surface area (Å²) in [6.45, 7) is 1.72. The molecule has 0 aliphatic carbocycles. The summed E-state index contributed by atoms with van der Waals surface area (Å²) in [5.41, 5.74) is 0. The van der Waals surface area contributed by atoms with E-state index in [1.807, 2.05) is 0 Å². The van der Waals surface area contributed by atoms with Crippen LogP contribution in [0.2, 0.25) is 0 Å². The molecule has 0 bridgehead atoms. The highest BCUT2D eigenvalue weighted by atomic mass is 32.2. The van der Waals surface area contributed by atoms with Gasteiger partial charge in [0.25, 0.3) is 0 Å². The van der Waals surface area contributed by atoms with Gasteiger partial charge in [-0.3, -0.25) is 4.98 Å². The molecule has 1 saturated heterocycles. The van der Waals surface area contributed by atoms with Crippen LogP contribution in [0.5, 0.6) is 0 Å². The minimum atomic E-state index is -2.85. The first kappa shape index (κ1) is 12.3. The van der Waals surface area contributed by atoms with Crippen LogP contribution in [0.15, 0.2) is 18.6 Å². The molecule has 1 aromatic heterocycles. The van der Waals surface area contributed by atoms with Crippen molar-refractivity contribution in [2.24, 2.45) is 5.92 Å². The topological polar surface area (TPSA) is 63.2 Å². The third kappa shape index (κ3) is 3.66. The van der Waals surface area contributed by atoms with E-state index in [1.54, 1.807) is 18.6 Å². The molecular formula is C11H17N3O2S. The summed E-state index contributed by atoms with van der Waals surface area (Å²) in [4.78, 5) is 10.4. The second kappa shape index (κ2) is 5.00. The molecule has 17 heavy (non-hydrogen) atoms. The zero-order valence-electron chi connectivity index (χ0n) is 9.91. The Bertz CT molecular complexity index is 453. The van der Waals surface area contributed by atoms with E-state index in [2.05, 4.69) is 14.9 Å². The van der Waals surface area contributed by atoms with Gasteiger partial charge in [-0.05, 0) is 18.8 Å². The monoisotopic (exact) mass is 255 g/mol. The second-order valence-corrected chi connectivity index (χ2v) is 6.77. The summed E-state index contributed by atoms with van der Waals surface area (Å²) in [6.07, 6.45) is 8.20. The molecule has 0 unspecified atom stereocenters. The average molecular weight is 255 g/mol. The molecule has 0 radical (unpaired) electrons. The van der Waals surface area contributed by atoms with Crippen LogP contribution in [0.4, 0.5) is 5.82 Å². The highest BCUT2D eigenvalue weighted by Gasteiger charge is 2.22. The standard InChI is InChI=1S/C11H17N3O2S/c1-17(15,16)9-10-2-6-14(7-3-10)11-8-12-4-5-13-11/h4-5,8,10H,2-3,6-7,9H2,1H3. The van der Waals surface area contributed by atoms with E-state index in [0.717, 1.165) is 31.7 Å². The van der Waals surface area contributed by atoms with Gasteiger partial charge in [-0.15, -0.1) is 0 Å². The normalized spacial score (nSPS) is 18.3. The summed E-state index contributed by atoms with van der Waals surface area (Å²) in [5.74, 6) is 1.48. The van der Waals surface area contributed by atoms with Gasteiger partial charge in [0.2, 0.25) is 0 Å². The molecule has 5 nitrogen and oxygen atoms in total. The number of aromatic nitrogens is 2. The van der Waals surface area contributed by atoms with Gasteiger partial charge in [0.15, 0.2) is 0 Å². The highest BCUT2D eigenvalue weighted by molar-refractivity contribution is 7.90. The van der Waals surface area contributed by atoms with Crippen LogP contribution in [0.3, 0.4) is 0 Å². The van der Waals surface area contributed by atoms with E-state index in [9.17, 15) is 8.42 Å². The van der Waals surface area contributed by atoms with E-state index >= 15 is 0 Å². The summed E-state index contributed by atoms with van der Waals surface area (Å²) in [5, 5.41) is 0. The van der Waals surface area contributed by atoms with Crippen molar-refractivity contribution in [1.29, 1.82) is 0 Å². The largest absolute Gasteiger partial charge is 0.355 e. The van der Waals surface area contributed by atoms with Gasteiger partial charge < -0.3 is 4.90 Å². The molecule has 1 aromatic rings. The van der Waals surface area contributed by atoms with Crippen molar-refractivity contribution in [3.8, 4) is 0 Å². The Morgan fingerprint density at radius 2 is 2.06 bits per heavy atom. The number of piperidine rings is 1. The number of rotatable bonds is 3. The molecule has 1 aliphatic rings. The third-order valence-corrected chi connectivity index (χ3v) is 4.10. The summed E-state index contributed by atoms with van der Waals surface area (Å²) < 4.78 is 22.4.